The average molecular weight is 187 g/mol. The highest BCUT2D eigenvalue weighted by Crippen LogP contribution is 2.52. The summed E-state index contributed by atoms with van der Waals surface area (Å²) in [6, 6.07) is 0. The molecule has 0 radical (unpaired) electrons. The molecule has 3 aliphatic rings. The van der Waals surface area contributed by atoms with Crippen LogP contribution in [-0.4, -0.2) is 33.0 Å². The minimum Gasteiger partial charge on any atom is -0.316 e. The smallest absolute Gasteiger partial charge is 0.150 e. The molecule has 2 heterocycles. The minimum atomic E-state index is -2.65. The van der Waals surface area contributed by atoms with Crippen molar-refractivity contribution in [1.29, 1.82) is 0 Å². The predicted molar refractivity (Wildman–Crippen MR) is 45.5 cm³/mol. The molecule has 1 saturated carbocycles. The molecule has 1 N–H and O–H groups in total. The fourth-order valence-corrected chi connectivity index (χ4v) is 5.59. The van der Waals surface area contributed by atoms with Crippen molar-refractivity contribution in [2.24, 2.45) is 23.7 Å². The number of hydrogen-bond acceptors (Lipinski definition) is 3. The van der Waals surface area contributed by atoms with Crippen molar-refractivity contribution in [2.45, 2.75) is 0 Å². The zero-order valence-corrected chi connectivity index (χ0v) is 7.68. The van der Waals surface area contributed by atoms with Gasteiger partial charge >= 0.3 is 0 Å². The quantitative estimate of drug-likeness (QED) is 0.556. The molecule has 3 nitrogen and oxygen atoms in total. The zero-order chi connectivity index (χ0) is 8.34. The predicted octanol–water partition coefficient (Wildman–Crippen LogP) is -0.504. The molecular formula is C8H13NO2S. The molecule has 0 unspecified atom stereocenters. The van der Waals surface area contributed by atoms with Gasteiger partial charge in [-0.25, -0.2) is 8.42 Å². The van der Waals surface area contributed by atoms with Crippen molar-refractivity contribution in [1.82, 2.24) is 5.32 Å². The lowest BCUT2D eigenvalue weighted by molar-refractivity contribution is 0.0629. The van der Waals surface area contributed by atoms with Crippen molar-refractivity contribution < 1.29 is 8.42 Å². The van der Waals surface area contributed by atoms with Gasteiger partial charge in [-0.2, -0.15) is 0 Å². The van der Waals surface area contributed by atoms with Crippen LogP contribution < -0.4 is 5.32 Å². The fraction of sp³-hybridized carbons (Fsp3) is 1.00. The number of fused-ring (bicyclic) bond motifs is 4. The first-order valence-corrected chi connectivity index (χ1v) is 6.41. The van der Waals surface area contributed by atoms with Crippen LogP contribution in [0, 0.1) is 23.7 Å². The Hall–Kier alpha value is -0.0900. The van der Waals surface area contributed by atoms with E-state index < -0.39 is 9.84 Å². The van der Waals surface area contributed by atoms with Gasteiger partial charge in [0, 0.05) is 0 Å². The van der Waals surface area contributed by atoms with Crippen LogP contribution in [0.5, 0.6) is 0 Å². The Kier molecular flexibility index (Phi) is 1.25. The van der Waals surface area contributed by atoms with E-state index in [1.165, 1.54) is 0 Å². The summed E-state index contributed by atoms with van der Waals surface area (Å²) in [6.07, 6.45) is 0. The summed E-state index contributed by atoms with van der Waals surface area (Å²) in [4.78, 5) is 0. The van der Waals surface area contributed by atoms with Crippen LogP contribution in [0.1, 0.15) is 0 Å². The molecule has 0 bridgehead atoms. The van der Waals surface area contributed by atoms with Crippen molar-refractivity contribution in [3.05, 3.63) is 0 Å². The van der Waals surface area contributed by atoms with E-state index in [9.17, 15) is 8.42 Å². The molecular weight excluding hydrogens is 174 g/mol. The Labute approximate surface area is 72.5 Å². The Morgan fingerprint density at radius 2 is 1.42 bits per heavy atom. The topological polar surface area (TPSA) is 46.2 Å². The fourth-order valence-electron chi connectivity index (χ4n) is 3.30. The average Bonchev–Trinajstić information content (AvgIpc) is 2.49. The molecule has 2 aliphatic heterocycles. The summed E-state index contributed by atoms with van der Waals surface area (Å²) in [7, 11) is -2.65. The summed E-state index contributed by atoms with van der Waals surface area (Å²) < 4.78 is 22.6. The number of nitrogens with one attached hydrogen (secondary N) is 1. The third-order valence-electron chi connectivity index (χ3n) is 3.85. The van der Waals surface area contributed by atoms with E-state index in [-0.39, 0.29) is 0 Å². The van der Waals surface area contributed by atoms with Crippen LogP contribution in [-0.2, 0) is 9.84 Å². The van der Waals surface area contributed by atoms with Gasteiger partial charge in [-0.15, -0.1) is 0 Å². The lowest BCUT2D eigenvalue weighted by Gasteiger charge is -2.43. The second-order valence-corrected chi connectivity index (χ2v) is 6.54. The molecule has 0 spiro atoms. The Morgan fingerprint density at radius 1 is 0.917 bits per heavy atom. The molecule has 3 fully saturated rings. The molecule has 0 aromatic carbocycles. The molecule has 68 valence electrons. The molecule has 3 rings (SSSR count). The molecule has 4 heteroatoms. The highest BCUT2D eigenvalue weighted by molar-refractivity contribution is 7.91. The van der Waals surface area contributed by atoms with Crippen LogP contribution in [0.3, 0.4) is 0 Å². The maximum absolute atomic E-state index is 11.3. The lowest BCUT2D eigenvalue weighted by atomic mass is 9.60. The Balaban J connectivity index is 1.90. The van der Waals surface area contributed by atoms with E-state index in [4.69, 9.17) is 0 Å². The summed E-state index contributed by atoms with van der Waals surface area (Å²) in [6.45, 7) is 2.11. The van der Waals surface area contributed by atoms with Gasteiger partial charge in [-0.3, -0.25) is 0 Å². The van der Waals surface area contributed by atoms with Gasteiger partial charge in [-0.05, 0) is 36.8 Å². The Bertz CT molecular complexity index is 287. The summed E-state index contributed by atoms with van der Waals surface area (Å²) in [5, 5.41) is 3.35. The lowest BCUT2D eigenvalue weighted by Crippen LogP contribution is -2.44. The second-order valence-electron chi connectivity index (χ2n) is 4.39. The minimum absolute atomic E-state index is 0.473. The molecule has 2 saturated heterocycles. The van der Waals surface area contributed by atoms with Crippen molar-refractivity contribution in [2.75, 3.05) is 24.6 Å². The highest BCUT2D eigenvalue weighted by atomic mass is 32.2. The molecule has 4 atom stereocenters. The van der Waals surface area contributed by atoms with Gasteiger partial charge in [0.15, 0.2) is 9.84 Å². The summed E-state index contributed by atoms with van der Waals surface area (Å²) in [5.41, 5.74) is 0. The van der Waals surface area contributed by atoms with E-state index in [1.807, 2.05) is 0 Å². The van der Waals surface area contributed by atoms with Gasteiger partial charge in [0.05, 0.1) is 11.5 Å². The normalized spacial score (nSPS) is 54.3. The number of hydrogen-bond donors (Lipinski definition) is 1. The van der Waals surface area contributed by atoms with Crippen molar-refractivity contribution in [3.8, 4) is 0 Å². The van der Waals surface area contributed by atoms with Gasteiger partial charge in [0.1, 0.15) is 0 Å². The van der Waals surface area contributed by atoms with E-state index in [1.54, 1.807) is 0 Å². The molecule has 0 amide bonds. The van der Waals surface area contributed by atoms with Crippen LogP contribution in [0.15, 0.2) is 0 Å². The first-order valence-electron chi connectivity index (χ1n) is 4.58. The maximum Gasteiger partial charge on any atom is 0.150 e. The van der Waals surface area contributed by atoms with Crippen LogP contribution in [0.4, 0.5) is 0 Å². The molecule has 0 aromatic heterocycles. The third-order valence-corrected chi connectivity index (χ3v) is 5.64. The molecule has 1 aliphatic carbocycles. The van der Waals surface area contributed by atoms with Gasteiger partial charge in [-0.1, -0.05) is 0 Å². The van der Waals surface area contributed by atoms with E-state index in [0.29, 0.717) is 35.2 Å². The van der Waals surface area contributed by atoms with E-state index >= 15 is 0 Å². The number of rotatable bonds is 0. The van der Waals surface area contributed by atoms with Gasteiger partial charge in [0.2, 0.25) is 0 Å². The Morgan fingerprint density at radius 3 is 1.92 bits per heavy atom. The summed E-state index contributed by atoms with van der Waals surface area (Å²) in [5.74, 6) is 3.34. The molecule has 12 heavy (non-hydrogen) atoms. The van der Waals surface area contributed by atoms with E-state index in [2.05, 4.69) is 5.32 Å². The van der Waals surface area contributed by atoms with Crippen molar-refractivity contribution >= 4 is 9.84 Å². The van der Waals surface area contributed by atoms with Gasteiger partial charge in [0.25, 0.3) is 0 Å². The zero-order valence-electron chi connectivity index (χ0n) is 6.86. The monoisotopic (exact) mass is 187 g/mol. The third kappa shape index (κ3) is 0.773. The van der Waals surface area contributed by atoms with Crippen LogP contribution in [0.2, 0.25) is 0 Å². The van der Waals surface area contributed by atoms with Crippen LogP contribution in [0.25, 0.3) is 0 Å². The first-order chi connectivity index (χ1) is 5.67. The largest absolute Gasteiger partial charge is 0.316 e. The van der Waals surface area contributed by atoms with E-state index in [0.717, 1.165) is 13.1 Å². The number of sulfone groups is 1. The van der Waals surface area contributed by atoms with Crippen LogP contribution >= 0.6 is 0 Å². The SMILES string of the molecule is O=S1(=O)C[C@H]2[C@H]3CNC[C@@H]3[C@@H]2C1. The van der Waals surface area contributed by atoms with Crippen molar-refractivity contribution in [3.63, 3.8) is 0 Å². The highest BCUT2D eigenvalue weighted by Gasteiger charge is 2.58. The molecule has 0 aromatic rings. The maximum atomic E-state index is 11.3. The van der Waals surface area contributed by atoms with Gasteiger partial charge < -0.3 is 5.32 Å². The second kappa shape index (κ2) is 2.04. The standard InChI is InChI=1S/C8H13NO2S/c10-12(11)3-7-5-1-9-2-6(5)8(7)4-12/h5-9H,1-4H2/t5-,6-,7-,8-/m0/s1. The first kappa shape index (κ1) is 7.33. The summed E-state index contributed by atoms with van der Waals surface area (Å²) >= 11 is 0.